The van der Waals surface area contributed by atoms with E-state index in [9.17, 15) is 10.5 Å². The van der Waals surface area contributed by atoms with Crippen molar-refractivity contribution >= 4 is 26.8 Å². The summed E-state index contributed by atoms with van der Waals surface area (Å²) in [7, 11) is 0. The fraction of sp³-hybridized carbons (Fsp3) is 0.188. The highest BCUT2D eigenvalue weighted by molar-refractivity contribution is 9.10. The van der Waals surface area contributed by atoms with E-state index in [1.165, 1.54) is 0 Å². The monoisotopic (exact) mass is 353 g/mol. The summed E-state index contributed by atoms with van der Waals surface area (Å²) in [5.41, 5.74) is 4.53. The fourth-order valence-corrected chi connectivity index (χ4v) is 3.22. The van der Waals surface area contributed by atoms with Crippen molar-refractivity contribution in [2.75, 3.05) is 0 Å². The van der Waals surface area contributed by atoms with Crippen molar-refractivity contribution in [3.8, 4) is 12.1 Å². The molecule has 3 rings (SSSR count). The third-order valence-electron chi connectivity index (χ3n) is 3.87. The molecule has 0 atom stereocenters. The lowest BCUT2D eigenvalue weighted by Gasteiger charge is -2.26. The fourth-order valence-electron chi connectivity index (χ4n) is 2.80. The van der Waals surface area contributed by atoms with Gasteiger partial charge in [0.1, 0.15) is 4.60 Å². The number of fused-ring (bicyclic) bond motifs is 1. The molecule has 0 saturated carbocycles. The number of aromatic amines is 1. The summed E-state index contributed by atoms with van der Waals surface area (Å²) in [5.74, 6) is -0.345. The van der Waals surface area contributed by atoms with Crippen LogP contribution in [0, 0.1) is 22.7 Å². The minimum atomic E-state index is -0.345. The molecule has 108 valence electrons. The van der Waals surface area contributed by atoms with Crippen LogP contribution in [0.4, 0.5) is 0 Å². The predicted octanol–water partition coefficient (Wildman–Crippen LogP) is 3.61. The third kappa shape index (κ3) is 2.09. The maximum atomic E-state index is 9.51. The van der Waals surface area contributed by atoms with Gasteiger partial charge in [-0.05, 0) is 47.5 Å². The summed E-state index contributed by atoms with van der Waals surface area (Å²) < 4.78 is 0.719. The molecule has 0 fully saturated rings. The first-order valence-electron chi connectivity index (χ1n) is 6.69. The van der Waals surface area contributed by atoms with Crippen LogP contribution < -0.4 is 5.32 Å². The zero-order chi connectivity index (χ0) is 15.9. The van der Waals surface area contributed by atoms with Crippen molar-refractivity contribution in [3.05, 3.63) is 50.9 Å². The second-order valence-corrected chi connectivity index (χ2v) is 5.93. The molecule has 0 bridgehead atoms. The zero-order valence-corrected chi connectivity index (χ0v) is 13.6. The van der Waals surface area contributed by atoms with E-state index in [0.29, 0.717) is 11.1 Å². The summed E-state index contributed by atoms with van der Waals surface area (Å²) in [6.07, 6.45) is 0. The van der Waals surface area contributed by atoms with Gasteiger partial charge in [0.05, 0.1) is 34.7 Å². The number of hydrogen-bond acceptors (Lipinski definition) is 4. The maximum Gasteiger partial charge on any atom is 0.135 e. The Balaban J connectivity index is 2.25. The standard InChI is InChI=1S/C16H12BrN5/c1-8-12(6-18)15(13(7-19)9(2)20-8)10-3-4-14-11(5-10)16(17)22-21-14/h3-5,15,20H,1-2H3,(H,21,22). The summed E-state index contributed by atoms with van der Waals surface area (Å²) in [6, 6.07) is 10.3. The van der Waals surface area contributed by atoms with Gasteiger partial charge in [0.2, 0.25) is 0 Å². The van der Waals surface area contributed by atoms with Crippen LogP contribution in [0.1, 0.15) is 25.3 Å². The van der Waals surface area contributed by atoms with Crippen LogP contribution in [0.3, 0.4) is 0 Å². The summed E-state index contributed by atoms with van der Waals surface area (Å²) in [6.45, 7) is 3.71. The number of halogens is 1. The first-order valence-corrected chi connectivity index (χ1v) is 7.48. The van der Waals surface area contributed by atoms with Gasteiger partial charge in [0.25, 0.3) is 0 Å². The molecule has 0 saturated heterocycles. The number of nitrogens with one attached hydrogen (secondary N) is 2. The smallest absolute Gasteiger partial charge is 0.135 e. The molecular weight excluding hydrogens is 342 g/mol. The van der Waals surface area contributed by atoms with Crippen molar-refractivity contribution in [3.63, 3.8) is 0 Å². The molecule has 22 heavy (non-hydrogen) atoms. The maximum absolute atomic E-state index is 9.51. The van der Waals surface area contributed by atoms with E-state index in [2.05, 4.69) is 43.6 Å². The Kier molecular flexibility index (Phi) is 3.48. The second-order valence-electron chi connectivity index (χ2n) is 5.18. The molecule has 0 spiro atoms. The molecule has 0 aliphatic carbocycles. The van der Waals surface area contributed by atoms with Crippen LogP contribution in [0.25, 0.3) is 10.9 Å². The topological polar surface area (TPSA) is 88.3 Å². The average molecular weight is 354 g/mol. The number of allylic oxidation sites excluding steroid dienone is 4. The van der Waals surface area contributed by atoms with Gasteiger partial charge in [-0.2, -0.15) is 15.6 Å². The number of benzene rings is 1. The van der Waals surface area contributed by atoms with E-state index in [1.54, 1.807) is 0 Å². The van der Waals surface area contributed by atoms with Gasteiger partial charge in [-0.1, -0.05) is 6.07 Å². The number of hydrogen-bond donors (Lipinski definition) is 2. The summed E-state index contributed by atoms with van der Waals surface area (Å²) in [4.78, 5) is 0. The number of rotatable bonds is 1. The van der Waals surface area contributed by atoms with Crippen LogP contribution >= 0.6 is 15.9 Å². The molecular formula is C16H12BrN5. The minimum Gasteiger partial charge on any atom is -0.361 e. The summed E-state index contributed by atoms with van der Waals surface area (Å²) in [5, 5.41) is 30.1. The van der Waals surface area contributed by atoms with Gasteiger partial charge in [-0.15, -0.1) is 0 Å². The van der Waals surface area contributed by atoms with Crippen LogP contribution in [0.15, 0.2) is 45.3 Å². The van der Waals surface area contributed by atoms with Crippen molar-refractivity contribution in [1.82, 2.24) is 15.5 Å². The van der Waals surface area contributed by atoms with Crippen molar-refractivity contribution in [1.29, 1.82) is 10.5 Å². The molecule has 0 radical (unpaired) electrons. The Labute approximate surface area is 136 Å². The van der Waals surface area contributed by atoms with Crippen molar-refractivity contribution in [2.24, 2.45) is 0 Å². The molecule has 1 aliphatic rings. The molecule has 2 heterocycles. The van der Waals surface area contributed by atoms with E-state index in [1.807, 2.05) is 32.0 Å². The van der Waals surface area contributed by atoms with E-state index < -0.39 is 0 Å². The van der Waals surface area contributed by atoms with Crippen molar-refractivity contribution < 1.29 is 0 Å². The molecule has 1 aromatic carbocycles. The molecule has 0 unspecified atom stereocenters. The number of nitriles is 2. The van der Waals surface area contributed by atoms with Gasteiger partial charge in [-0.25, -0.2) is 0 Å². The number of H-pyrrole nitrogens is 1. The first kappa shape index (κ1) is 14.4. The van der Waals surface area contributed by atoms with Crippen LogP contribution in [0.2, 0.25) is 0 Å². The molecule has 5 nitrogen and oxygen atoms in total. The SMILES string of the molecule is CC1=C(C#N)C(c2ccc3[nH]nc(Br)c3c2)C(C#N)=C(C)N1. The lowest BCUT2D eigenvalue weighted by molar-refractivity contribution is 0.815. The van der Waals surface area contributed by atoms with Gasteiger partial charge < -0.3 is 5.32 Å². The van der Waals surface area contributed by atoms with Gasteiger partial charge in [-0.3, -0.25) is 5.10 Å². The highest BCUT2D eigenvalue weighted by Gasteiger charge is 2.29. The molecule has 2 aromatic rings. The highest BCUT2D eigenvalue weighted by Crippen LogP contribution is 2.38. The Morgan fingerprint density at radius 1 is 1.14 bits per heavy atom. The van der Waals surface area contributed by atoms with Gasteiger partial charge in [0, 0.05) is 16.8 Å². The van der Waals surface area contributed by atoms with Crippen molar-refractivity contribution in [2.45, 2.75) is 19.8 Å². The Morgan fingerprint density at radius 2 is 1.77 bits per heavy atom. The quantitative estimate of drug-likeness (QED) is 0.819. The lowest BCUT2D eigenvalue weighted by Crippen LogP contribution is -2.23. The first-order chi connectivity index (χ1) is 10.6. The van der Waals surface area contributed by atoms with E-state index in [0.717, 1.165) is 32.5 Å². The normalized spacial score (nSPS) is 15.7. The van der Waals surface area contributed by atoms with E-state index in [4.69, 9.17) is 0 Å². The molecule has 6 heteroatoms. The van der Waals surface area contributed by atoms with Crippen LogP contribution in [0.5, 0.6) is 0 Å². The number of dihydropyridines is 1. The van der Waals surface area contributed by atoms with E-state index >= 15 is 0 Å². The molecule has 1 aliphatic heterocycles. The van der Waals surface area contributed by atoms with Crippen LogP contribution in [-0.2, 0) is 0 Å². The number of nitrogens with zero attached hydrogens (tertiary/aromatic N) is 3. The summed E-state index contributed by atoms with van der Waals surface area (Å²) >= 11 is 3.40. The minimum absolute atomic E-state index is 0.345. The van der Waals surface area contributed by atoms with E-state index in [-0.39, 0.29) is 5.92 Å². The zero-order valence-electron chi connectivity index (χ0n) is 12.0. The van der Waals surface area contributed by atoms with Gasteiger partial charge >= 0.3 is 0 Å². The predicted molar refractivity (Wildman–Crippen MR) is 86.3 cm³/mol. The average Bonchev–Trinajstić information content (AvgIpc) is 2.87. The third-order valence-corrected chi connectivity index (χ3v) is 4.48. The second kappa shape index (κ2) is 5.32. The lowest BCUT2D eigenvalue weighted by atomic mass is 9.81. The largest absolute Gasteiger partial charge is 0.361 e. The van der Waals surface area contributed by atoms with Gasteiger partial charge in [0.15, 0.2) is 0 Å². The Morgan fingerprint density at radius 3 is 2.36 bits per heavy atom. The number of aromatic nitrogens is 2. The molecule has 1 aromatic heterocycles. The molecule has 2 N–H and O–H groups in total. The molecule has 0 amide bonds. The van der Waals surface area contributed by atoms with Crippen LogP contribution in [-0.4, -0.2) is 10.2 Å². The Bertz CT molecular complexity index is 884. The highest BCUT2D eigenvalue weighted by atomic mass is 79.9. The Hall–Kier alpha value is -2.57.